The molecule has 0 spiro atoms. The fourth-order valence-electron chi connectivity index (χ4n) is 2.08. The van der Waals surface area contributed by atoms with Crippen molar-refractivity contribution in [3.05, 3.63) is 70.3 Å². The van der Waals surface area contributed by atoms with Crippen molar-refractivity contribution in [2.24, 2.45) is 0 Å². The molecule has 2 aromatic carbocycles. The number of para-hydroxylation sites is 2. The molecule has 6 heteroatoms. The summed E-state index contributed by atoms with van der Waals surface area (Å²) in [5.74, 6) is -0.492. The molecule has 0 fully saturated rings. The average molecular weight is 295 g/mol. The number of amides is 1. The lowest BCUT2D eigenvalue weighted by molar-refractivity contribution is -0.385. The minimum Gasteiger partial charge on any atom is -0.307 e. The molecular weight excluding hydrogens is 282 g/mol. The number of nitrogens with zero attached hydrogens (tertiary/aromatic N) is 3. The fraction of sp³-hybridized carbons (Fsp3) is 0.125. The normalized spacial score (nSPS) is 9.77. The first-order valence-electron chi connectivity index (χ1n) is 6.62. The third-order valence-corrected chi connectivity index (χ3v) is 3.09. The van der Waals surface area contributed by atoms with Crippen LogP contribution >= 0.6 is 0 Å². The molecule has 6 nitrogen and oxygen atoms in total. The quantitative estimate of drug-likeness (QED) is 0.626. The van der Waals surface area contributed by atoms with Crippen molar-refractivity contribution in [1.82, 2.24) is 0 Å². The van der Waals surface area contributed by atoms with Gasteiger partial charge in [-0.3, -0.25) is 14.9 Å². The molecule has 0 N–H and O–H groups in total. The van der Waals surface area contributed by atoms with Crippen LogP contribution in [0, 0.1) is 21.4 Å². The SMILES string of the molecule is N#CCCN(C(=O)c1ccccc1[N+](=O)[O-])c1ccccc1. The molecule has 0 aliphatic carbocycles. The van der Waals surface area contributed by atoms with E-state index in [1.54, 1.807) is 36.4 Å². The molecule has 0 bridgehead atoms. The van der Waals surface area contributed by atoms with Gasteiger partial charge in [0.2, 0.25) is 0 Å². The Bertz CT molecular complexity index is 723. The zero-order chi connectivity index (χ0) is 15.9. The van der Waals surface area contributed by atoms with Gasteiger partial charge in [-0.1, -0.05) is 30.3 Å². The zero-order valence-electron chi connectivity index (χ0n) is 11.7. The van der Waals surface area contributed by atoms with Crippen LogP contribution < -0.4 is 4.90 Å². The van der Waals surface area contributed by atoms with Gasteiger partial charge in [-0.05, 0) is 18.2 Å². The van der Waals surface area contributed by atoms with Gasteiger partial charge in [0.05, 0.1) is 17.4 Å². The summed E-state index contributed by atoms with van der Waals surface area (Å²) in [5.41, 5.74) is 0.362. The van der Waals surface area contributed by atoms with Gasteiger partial charge in [-0.25, -0.2) is 0 Å². The molecule has 0 saturated carbocycles. The predicted molar refractivity (Wildman–Crippen MR) is 81.4 cm³/mol. The fourth-order valence-corrected chi connectivity index (χ4v) is 2.08. The van der Waals surface area contributed by atoms with E-state index in [0.29, 0.717) is 5.69 Å². The lowest BCUT2D eigenvalue weighted by atomic mass is 10.1. The van der Waals surface area contributed by atoms with Gasteiger partial charge in [0, 0.05) is 18.3 Å². The highest BCUT2D eigenvalue weighted by atomic mass is 16.6. The summed E-state index contributed by atoms with van der Waals surface area (Å²) in [6, 6.07) is 16.6. The summed E-state index contributed by atoms with van der Waals surface area (Å²) in [5, 5.41) is 19.8. The van der Waals surface area contributed by atoms with Crippen LogP contribution in [-0.2, 0) is 0 Å². The van der Waals surface area contributed by atoms with Crippen LogP contribution in [0.2, 0.25) is 0 Å². The number of benzene rings is 2. The molecule has 0 atom stereocenters. The van der Waals surface area contributed by atoms with Gasteiger partial charge in [-0.15, -0.1) is 0 Å². The van der Waals surface area contributed by atoms with Gasteiger partial charge in [-0.2, -0.15) is 5.26 Å². The molecule has 0 heterocycles. The zero-order valence-corrected chi connectivity index (χ0v) is 11.7. The Labute approximate surface area is 127 Å². The summed E-state index contributed by atoms with van der Waals surface area (Å²) in [6.07, 6.45) is 0.140. The van der Waals surface area contributed by atoms with E-state index in [4.69, 9.17) is 5.26 Å². The molecule has 0 radical (unpaired) electrons. The molecule has 22 heavy (non-hydrogen) atoms. The summed E-state index contributed by atoms with van der Waals surface area (Å²) < 4.78 is 0. The highest BCUT2D eigenvalue weighted by molar-refractivity contribution is 6.08. The lowest BCUT2D eigenvalue weighted by Gasteiger charge is -2.21. The molecule has 2 aromatic rings. The third-order valence-electron chi connectivity index (χ3n) is 3.09. The summed E-state index contributed by atoms with van der Waals surface area (Å²) in [7, 11) is 0. The molecule has 0 unspecified atom stereocenters. The molecule has 0 aliphatic heterocycles. The van der Waals surface area contributed by atoms with Crippen molar-refractivity contribution >= 4 is 17.3 Å². The van der Waals surface area contributed by atoms with E-state index in [1.807, 2.05) is 6.07 Å². The average Bonchev–Trinajstić information content (AvgIpc) is 2.56. The Morgan fingerprint density at radius 3 is 2.41 bits per heavy atom. The standard InChI is InChI=1S/C16H13N3O3/c17-11-6-12-18(13-7-2-1-3-8-13)16(20)14-9-4-5-10-15(14)19(21)22/h1-5,7-10H,6,12H2. The maximum Gasteiger partial charge on any atom is 0.282 e. The van der Waals surface area contributed by atoms with E-state index in [2.05, 4.69) is 0 Å². The Morgan fingerprint density at radius 2 is 1.77 bits per heavy atom. The molecular formula is C16H13N3O3. The van der Waals surface area contributed by atoms with Crippen molar-refractivity contribution in [2.45, 2.75) is 6.42 Å². The molecule has 0 saturated heterocycles. The van der Waals surface area contributed by atoms with Crippen molar-refractivity contribution in [3.63, 3.8) is 0 Å². The maximum atomic E-state index is 12.7. The van der Waals surface area contributed by atoms with Crippen molar-refractivity contribution in [2.75, 3.05) is 11.4 Å². The van der Waals surface area contributed by atoms with Gasteiger partial charge in [0.1, 0.15) is 5.56 Å². The Kier molecular flexibility index (Phi) is 4.83. The Balaban J connectivity index is 2.42. The number of nitro groups is 1. The van der Waals surface area contributed by atoms with E-state index in [-0.39, 0.29) is 24.2 Å². The summed E-state index contributed by atoms with van der Waals surface area (Å²) >= 11 is 0. The molecule has 0 aliphatic rings. The van der Waals surface area contributed by atoms with Crippen molar-refractivity contribution < 1.29 is 9.72 Å². The first-order chi connectivity index (χ1) is 10.6. The lowest BCUT2D eigenvalue weighted by Crippen LogP contribution is -2.32. The number of nitro benzene ring substituents is 1. The van der Waals surface area contributed by atoms with Crippen LogP contribution in [0.5, 0.6) is 0 Å². The van der Waals surface area contributed by atoms with Gasteiger partial charge >= 0.3 is 0 Å². The molecule has 2 rings (SSSR count). The van der Waals surface area contributed by atoms with E-state index in [1.165, 1.54) is 23.1 Å². The summed E-state index contributed by atoms with van der Waals surface area (Å²) in [6.45, 7) is 0.172. The minimum absolute atomic E-state index is 0.00860. The second kappa shape index (κ2) is 6.99. The van der Waals surface area contributed by atoms with Crippen LogP contribution in [-0.4, -0.2) is 17.4 Å². The number of nitriles is 1. The number of rotatable bonds is 5. The summed E-state index contributed by atoms with van der Waals surface area (Å²) in [4.78, 5) is 24.6. The van der Waals surface area contributed by atoms with Crippen molar-refractivity contribution in [3.8, 4) is 6.07 Å². The monoisotopic (exact) mass is 295 g/mol. The van der Waals surface area contributed by atoms with Gasteiger partial charge in [0.15, 0.2) is 0 Å². The molecule has 1 amide bonds. The number of hydrogen-bond acceptors (Lipinski definition) is 4. The molecule has 0 aromatic heterocycles. The number of carbonyl (C=O) groups is 1. The number of anilines is 1. The molecule has 110 valence electrons. The van der Waals surface area contributed by atoms with Crippen LogP contribution in [0.3, 0.4) is 0 Å². The van der Waals surface area contributed by atoms with E-state index in [0.717, 1.165) is 0 Å². The van der Waals surface area contributed by atoms with E-state index < -0.39 is 10.8 Å². The van der Waals surface area contributed by atoms with Crippen LogP contribution in [0.25, 0.3) is 0 Å². The second-order valence-electron chi connectivity index (χ2n) is 4.47. The van der Waals surface area contributed by atoms with Crippen LogP contribution in [0.1, 0.15) is 16.8 Å². The second-order valence-corrected chi connectivity index (χ2v) is 4.47. The van der Waals surface area contributed by atoms with Crippen LogP contribution in [0.15, 0.2) is 54.6 Å². The highest BCUT2D eigenvalue weighted by Gasteiger charge is 2.24. The topological polar surface area (TPSA) is 87.2 Å². The van der Waals surface area contributed by atoms with E-state index in [9.17, 15) is 14.9 Å². The largest absolute Gasteiger partial charge is 0.307 e. The minimum atomic E-state index is -0.583. The smallest absolute Gasteiger partial charge is 0.282 e. The first-order valence-corrected chi connectivity index (χ1v) is 6.62. The Morgan fingerprint density at radius 1 is 1.14 bits per heavy atom. The third kappa shape index (κ3) is 3.27. The van der Waals surface area contributed by atoms with E-state index >= 15 is 0 Å². The van der Waals surface area contributed by atoms with Crippen LogP contribution in [0.4, 0.5) is 11.4 Å². The number of hydrogen-bond donors (Lipinski definition) is 0. The first kappa shape index (κ1) is 15.2. The predicted octanol–water partition coefficient (Wildman–Crippen LogP) is 3.16. The maximum absolute atomic E-state index is 12.7. The van der Waals surface area contributed by atoms with Gasteiger partial charge in [0.25, 0.3) is 11.6 Å². The Hall–Kier alpha value is -3.20. The number of carbonyl (C=O) groups excluding carboxylic acids is 1. The van der Waals surface area contributed by atoms with Crippen molar-refractivity contribution in [1.29, 1.82) is 5.26 Å². The van der Waals surface area contributed by atoms with Gasteiger partial charge < -0.3 is 4.90 Å². The highest BCUT2D eigenvalue weighted by Crippen LogP contribution is 2.23.